The molecule has 1 fully saturated rings. The van der Waals surface area contributed by atoms with Crippen LogP contribution in [-0.2, 0) is 11.3 Å². The van der Waals surface area contributed by atoms with Crippen molar-refractivity contribution in [1.29, 1.82) is 0 Å². The molecule has 1 N–H and O–H groups in total. The summed E-state index contributed by atoms with van der Waals surface area (Å²) in [6, 6.07) is 8.41. The predicted molar refractivity (Wildman–Crippen MR) is 79.2 cm³/mol. The van der Waals surface area contributed by atoms with Crippen molar-refractivity contribution in [2.24, 2.45) is 5.92 Å². The number of anilines is 1. The van der Waals surface area contributed by atoms with Crippen LogP contribution < -0.4 is 10.2 Å². The molecule has 0 atom stereocenters. The Balaban J connectivity index is 2.05. The van der Waals surface area contributed by atoms with E-state index >= 15 is 0 Å². The number of nitrogens with one attached hydrogen (secondary N) is 1. The fourth-order valence-corrected chi connectivity index (χ4v) is 2.49. The third-order valence-corrected chi connectivity index (χ3v) is 3.67. The Hall–Kier alpha value is -1.51. The quantitative estimate of drug-likeness (QED) is 0.902. The minimum absolute atomic E-state index is 0.0437. The van der Waals surface area contributed by atoms with Gasteiger partial charge in [-0.15, -0.1) is 0 Å². The lowest BCUT2D eigenvalue weighted by atomic mass is 10.1. The number of carbonyl (C=O) groups is 1. The Morgan fingerprint density at radius 1 is 1.21 bits per heavy atom. The van der Waals surface area contributed by atoms with Crippen molar-refractivity contribution in [3.05, 3.63) is 29.8 Å². The number of hydrogen-bond donors (Lipinski definition) is 1. The summed E-state index contributed by atoms with van der Waals surface area (Å²) in [7, 11) is 0. The standard InChI is InChI=1S/C16H24N2O/c1-13(2)16(19)17-12-14-8-4-5-9-15(14)18-10-6-3-7-11-18/h4-5,8-9,13H,3,6-7,10-12H2,1-2H3,(H,17,19). The van der Waals surface area contributed by atoms with E-state index in [1.165, 1.54) is 30.5 Å². The van der Waals surface area contributed by atoms with E-state index in [4.69, 9.17) is 0 Å². The van der Waals surface area contributed by atoms with Gasteiger partial charge in [0.25, 0.3) is 0 Å². The van der Waals surface area contributed by atoms with Crippen LogP contribution in [0.15, 0.2) is 24.3 Å². The maximum Gasteiger partial charge on any atom is 0.222 e. The Kier molecular flexibility index (Phi) is 4.83. The minimum atomic E-state index is 0.0437. The number of nitrogens with zero attached hydrogens (tertiary/aromatic N) is 1. The van der Waals surface area contributed by atoms with Crippen molar-refractivity contribution >= 4 is 11.6 Å². The molecule has 3 nitrogen and oxygen atoms in total. The lowest BCUT2D eigenvalue weighted by Crippen LogP contribution is -2.32. The zero-order chi connectivity index (χ0) is 13.7. The molecule has 0 aliphatic carbocycles. The first-order chi connectivity index (χ1) is 9.18. The Morgan fingerprint density at radius 2 is 1.89 bits per heavy atom. The highest BCUT2D eigenvalue weighted by atomic mass is 16.1. The SMILES string of the molecule is CC(C)C(=O)NCc1ccccc1N1CCCCC1. The van der Waals surface area contributed by atoms with Crippen molar-refractivity contribution in [3.8, 4) is 0 Å². The van der Waals surface area contributed by atoms with Gasteiger partial charge in [-0.25, -0.2) is 0 Å². The number of piperidine rings is 1. The molecule has 0 aromatic heterocycles. The van der Waals surface area contributed by atoms with Crippen LogP contribution in [0.2, 0.25) is 0 Å². The maximum absolute atomic E-state index is 11.7. The van der Waals surface area contributed by atoms with Crippen molar-refractivity contribution in [2.75, 3.05) is 18.0 Å². The fraction of sp³-hybridized carbons (Fsp3) is 0.562. The minimum Gasteiger partial charge on any atom is -0.371 e. The molecule has 3 heteroatoms. The molecule has 104 valence electrons. The first-order valence-corrected chi connectivity index (χ1v) is 7.29. The summed E-state index contributed by atoms with van der Waals surface area (Å²) in [4.78, 5) is 14.1. The molecule has 2 rings (SSSR count). The highest BCUT2D eigenvalue weighted by Crippen LogP contribution is 2.24. The lowest BCUT2D eigenvalue weighted by Gasteiger charge is -2.30. The van der Waals surface area contributed by atoms with Crippen LogP contribution in [0, 0.1) is 5.92 Å². The van der Waals surface area contributed by atoms with Crippen LogP contribution in [0.3, 0.4) is 0 Å². The van der Waals surface area contributed by atoms with Crippen LogP contribution in [0.1, 0.15) is 38.7 Å². The smallest absolute Gasteiger partial charge is 0.222 e. The summed E-state index contributed by atoms with van der Waals surface area (Å²) in [6.07, 6.45) is 3.88. The first-order valence-electron chi connectivity index (χ1n) is 7.29. The highest BCUT2D eigenvalue weighted by Gasteiger charge is 2.14. The van der Waals surface area contributed by atoms with Crippen molar-refractivity contribution in [2.45, 2.75) is 39.7 Å². The van der Waals surface area contributed by atoms with Gasteiger partial charge in [-0.3, -0.25) is 4.79 Å². The van der Waals surface area contributed by atoms with Crippen LogP contribution in [0.25, 0.3) is 0 Å². The summed E-state index contributed by atoms with van der Waals surface area (Å²) < 4.78 is 0. The largest absolute Gasteiger partial charge is 0.371 e. The molecule has 1 aromatic rings. The van der Waals surface area contributed by atoms with Crippen molar-refractivity contribution in [3.63, 3.8) is 0 Å². The molecular formula is C16H24N2O. The molecule has 1 aromatic carbocycles. The Labute approximate surface area is 116 Å². The second-order valence-electron chi connectivity index (χ2n) is 5.55. The van der Waals surface area contributed by atoms with E-state index in [0.717, 1.165) is 13.1 Å². The number of hydrogen-bond acceptors (Lipinski definition) is 2. The van der Waals surface area contributed by atoms with Gasteiger partial charge in [0.2, 0.25) is 5.91 Å². The second-order valence-corrected chi connectivity index (χ2v) is 5.55. The van der Waals surface area contributed by atoms with Crippen LogP contribution in [-0.4, -0.2) is 19.0 Å². The van der Waals surface area contributed by atoms with E-state index in [2.05, 4.69) is 28.4 Å². The molecular weight excluding hydrogens is 236 g/mol. The molecule has 0 unspecified atom stereocenters. The van der Waals surface area contributed by atoms with Gasteiger partial charge in [0.1, 0.15) is 0 Å². The van der Waals surface area contributed by atoms with Crippen LogP contribution in [0.4, 0.5) is 5.69 Å². The van der Waals surface area contributed by atoms with E-state index in [-0.39, 0.29) is 11.8 Å². The van der Waals surface area contributed by atoms with Gasteiger partial charge in [0.15, 0.2) is 0 Å². The maximum atomic E-state index is 11.7. The summed E-state index contributed by atoms with van der Waals surface area (Å²) >= 11 is 0. The van der Waals surface area contributed by atoms with Gasteiger partial charge in [0, 0.05) is 31.2 Å². The predicted octanol–water partition coefficient (Wildman–Crippen LogP) is 2.95. The summed E-state index contributed by atoms with van der Waals surface area (Å²) in [6.45, 7) is 6.74. The van der Waals surface area contributed by atoms with E-state index in [1.807, 2.05) is 19.9 Å². The third-order valence-electron chi connectivity index (χ3n) is 3.67. The molecule has 0 saturated carbocycles. The number of para-hydroxylation sites is 1. The molecule has 1 saturated heterocycles. The summed E-state index contributed by atoms with van der Waals surface area (Å²) in [5.74, 6) is 0.163. The second kappa shape index (κ2) is 6.60. The van der Waals surface area contributed by atoms with E-state index in [0.29, 0.717) is 6.54 Å². The third kappa shape index (κ3) is 3.72. The zero-order valence-corrected chi connectivity index (χ0v) is 12.0. The average Bonchev–Trinajstić information content (AvgIpc) is 2.46. The average molecular weight is 260 g/mol. The molecule has 1 aliphatic rings. The molecule has 19 heavy (non-hydrogen) atoms. The topological polar surface area (TPSA) is 32.3 Å². The van der Waals surface area contributed by atoms with Crippen molar-refractivity contribution < 1.29 is 4.79 Å². The van der Waals surface area contributed by atoms with Gasteiger partial charge >= 0.3 is 0 Å². The lowest BCUT2D eigenvalue weighted by molar-refractivity contribution is -0.124. The van der Waals surface area contributed by atoms with Crippen LogP contribution in [0.5, 0.6) is 0 Å². The van der Waals surface area contributed by atoms with Gasteiger partial charge in [-0.1, -0.05) is 32.0 Å². The summed E-state index contributed by atoms with van der Waals surface area (Å²) in [5.41, 5.74) is 2.50. The number of benzene rings is 1. The fourth-order valence-electron chi connectivity index (χ4n) is 2.49. The molecule has 0 radical (unpaired) electrons. The van der Waals surface area contributed by atoms with Crippen LogP contribution >= 0.6 is 0 Å². The van der Waals surface area contributed by atoms with Gasteiger partial charge in [-0.05, 0) is 30.9 Å². The number of carbonyl (C=O) groups excluding carboxylic acids is 1. The molecule has 1 aliphatic heterocycles. The molecule has 1 amide bonds. The Morgan fingerprint density at radius 3 is 2.58 bits per heavy atom. The van der Waals surface area contributed by atoms with E-state index in [9.17, 15) is 4.79 Å². The normalized spacial score (nSPS) is 15.6. The zero-order valence-electron chi connectivity index (χ0n) is 12.0. The molecule has 1 heterocycles. The molecule has 0 bridgehead atoms. The Bertz CT molecular complexity index is 423. The summed E-state index contributed by atoms with van der Waals surface area (Å²) in [5, 5.41) is 3.01. The van der Waals surface area contributed by atoms with E-state index in [1.54, 1.807) is 0 Å². The number of rotatable bonds is 4. The van der Waals surface area contributed by atoms with Gasteiger partial charge < -0.3 is 10.2 Å². The van der Waals surface area contributed by atoms with Gasteiger partial charge in [-0.2, -0.15) is 0 Å². The number of amides is 1. The van der Waals surface area contributed by atoms with Gasteiger partial charge in [0.05, 0.1) is 0 Å². The highest BCUT2D eigenvalue weighted by molar-refractivity contribution is 5.78. The van der Waals surface area contributed by atoms with Crippen molar-refractivity contribution in [1.82, 2.24) is 5.32 Å². The van der Waals surface area contributed by atoms with E-state index < -0.39 is 0 Å². The monoisotopic (exact) mass is 260 g/mol. The first kappa shape index (κ1) is 13.9. The molecule has 0 spiro atoms.